The number of halogens is 2. The normalized spacial score (nSPS) is 19.6. The quantitative estimate of drug-likeness (QED) is 0.648. The summed E-state index contributed by atoms with van der Waals surface area (Å²) < 4.78 is 26.2. The Kier molecular flexibility index (Phi) is 3.49. The zero-order chi connectivity index (χ0) is 15.1. The van der Waals surface area contributed by atoms with Gasteiger partial charge in [-0.1, -0.05) is 23.7 Å². The third kappa shape index (κ3) is 2.23. The van der Waals surface area contributed by atoms with Gasteiger partial charge in [-0.2, -0.15) is 0 Å². The average molecular weight is 322 g/mol. The zero-order valence-corrected chi connectivity index (χ0v) is 12.2. The fraction of sp³-hybridized carbons (Fsp3) is 0. The summed E-state index contributed by atoms with van der Waals surface area (Å²) in [6.07, 6.45) is 0. The van der Waals surface area contributed by atoms with Crippen molar-refractivity contribution in [2.45, 2.75) is 4.90 Å². The largest absolute Gasteiger partial charge is 0.606 e. The summed E-state index contributed by atoms with van der Waals surface area (Å²) >= 11 is 4.11. The number of hydrogen-bond donors (Lipinski definition) is 1. The Morgan fingerprint density at radius 1 is 1.24 bits per heavy atom. The minimum atomic E-state index is -1.73. The summed E-state index contributed by atoms with van der Waals surface area (Å²) in [4.78, 5) is 12.6. The number of carbonyl (C=O) groups excluding carboxylic acids is 1. The van der Waals surface area contributed by atoms with Gasteiger partial charge < -0.3 is 10.3 Å². The molecule has 0 aromatic heterocycles. The predicted molar refractivity (Wildman–Crippen MR) is 79.7 cm³/mol. The summed E-state index contributed by atoms with van der Waals surface area (Å²) in [5.41, 5.74) is 6.09. The fourth-order valence-electron chi connectivity index (χ4n) is 2.18. The van der Waals surface area contributed by atoms with Gasteiger partial charge >= 0.3 is 0 Å². The van der Waals surface area contributed by atoms with Crippen LogP contribution in [-0.4, -0.2) is 10.3 Å². The molecule has 1 aliphatic heterocycles. The maximum atomic E-state index is 13.8. The van der Waals surface area contributed by atoms with Crippen molar-refractivity contribution in [2.24, 2.45) is 5.73 Å². The van der Waals surface area contributed by atoms with E-state index in [1.54, 1.807) is 12.1 Å². The Morgan fingerprint density at radius 2 is 1.95 bits per heavy atom. The number of allylic oxidation sites excluding steroid dienone is 1. The molecule has 0 saturated heterocycles. The third-order valence-electron chi connectivity index (χ3n) is 3.19. The van der Waals surface area contributed by atoms with Crippen LogP contribution in [0.3, 0.4) is 0 Å². The first kappa shape index (κ1) is 14.1. The van der Waals surface area contributed by atoms with Crippen molar-refractivity contribution in [3.8, 4) is 0 Å². The van der Waals surface area contributed by atoms with E-state index in [9.17, 15) is 13.7 Å². The molecule has 1 aliphatic rings. The maximum Gasteiger partial charge on any atom is 0.248 e. The third-order valence-corrected chi connectivity index (χ3v) is 4.95. The Morgan fingerprint density at radius 3 is 2.67 bits per heavy atom. The Bertz CT molecular complexity index is 791. The van der Waals surface area contributed by atoms with Crippen LogP contribution in [0.5, 0.6) is 0 Å². The van der Waals surface area contributed by atoms with Crippen molar-refractivity contribution in [1.29, 1.82) is 0 Å². The van der Waals surface area contributed by atoms with E-state index < -0.39 is 22.8 Å². The molecule has 1 heterocycles. The number of carbonyl (C=O) groups is 1. The van der Waals surface area contributed by atoms with Crippen LogP contribution in [0.15, 0.2) is 52.3 Å². The van der Waals surface area contributed by atoms with Crippen molar-refractivity contribution >= 4 is 34.3 Å². The first-order valence-electron chi connectivity index (χ1n) is 6.01. The predicted octanol–water partition coefficient (Wildman–Crippen LogP) is 3.11. The number of nitrogens with two attached hydrogens (primary N) is 1. The molecule has 0 radical (unpaired) electrons. The Hall–Kier alpha value is -1.82. The molecule has 0 aliphatic carbocycles. The van der Waals surface area contributed by atoms with Crippen LogP contribution in [-0.2, 0) is 11.2 Å². The maximum absolute atomic E-state index is 13.8. The molecular formula is C15H9ClFNO2S. The topological polar surface area (TPSA) is 66.2 Å². The highest BCUT2D eigenvalue weighted by atomic mass is 35.5. The summed E-state index contributed by atoms with van der Waals surface area (Å²) in [7, 11) is 0. The monoisotopic (exact) mass is 321 g/mol. The van der Waals surface area contributed by atoms with E-state index in [1.165, 1.54) is 30.3 Å². The molecule has 2 aromatic rings. The first-order valence-corrected chi connectivity index (χ1v) is 7.54. The van der Waals surface area contributed by atoms with E-state index in [0.29, 0.717) is 9.92 Å². The molecule has 106 valence electrons. The molecule has 3 nitrogen and oxygen atoms in total. The summed E-state index contributed by atoms with van der Waals surface area (Å²) in [6, 6.07) is 10.3. The van der Waals surface area contributed by atoms with Gasteiger partial charge in [-0.05, 0) is 30.3 Å². The highest BCUT2D eigenvalue weighted by Gasteiger charge is 2.41. The first-order chi connectivity index (χ1) is 10.0. The van der Waals surface area contributed by atoms with Crippen molar-refractivity contribution in [1.82, 2.24) is 0 Å². The van der Waals surface area contributed by atoms with Gasteiger partial charge in [0.2, 0.25) is 10.7 Å². The molecule has 3 rings (SSSR count). The van der Waals surface area contributed by atoms with Crippen LogP contribution < -0.4 is 5.73 Å². The van der Waals surface area contributed by atoms with E-state index in [0.717, 1.165) is 0 Å². The number of rotatable bonds is 1. The lowest BCUT2D eigenvalue weighted by Crippen LogP contribution is -2.12. The number of benzene rings is 2. The highest BCUT2D eigenvalue weighted by molar-refractivity contribution is 7.97. The van der Waals surface area contributed by atoms with E-state index in [2.05, 4.69) is 0 Å². The van der Waals surface area contributed by atoms with Crippen LogP contribution in [0.1, 0.15) is 15.9 Å². The summed E-state index contributed by atoms with van der Waals surface area (Å²) in [6.45, 7) is 0. The number of hydrogen-bond acceptors (Lipinski definition) is 3. The minimum absolute atomic E-state index is 0.0631. The standard InChI is InChI=1S/C15H9ClFNO2S/c16-8-5-6-12-10(7-8)14(19)15(21(12)20)13(18)9-3-1-2-4-11(9)17/h1-7H,18H2. The van der Waals surface area contributed by atoms with E-state index >= 15 is 0 Å². The highest BCUT2D eigenvalue weighted by Crippen LogP contribution is 2.38. The molecule has 21 heavy (non-hydrogen) atoms. The molecule has 0 spiro atoms. The van der Waals surface area contributed by atoms with Crippen molar-refractivity contribution in [3.05, 3.63) is 69.3 Å². The zero-order valence-electron chi connectivity index (χ0n) is 10.6. The number of Topliss-reactive ketones (excluding diaryl/α,β-unsaturated/α-hetero) is 1. The van der Waals surface area contributed by atoms with E-state index in [1.807, 2.05) is 0 Å². The molecule has 0 bridgehead atoms. The molecule has 2 aromatic carbocycles. The van der Waals surface area contributed by atoms with Crippen LogP contribution in [0.4, 0.5) is 4.39 Å². The van der Waals surface area contributed by atoms with Gasteiger partial charge in [-0.25, -0.2) is 4.39 Å². The molecule has 6 heteroatoms. The lowest BCUT2D eigenvalue weighted by molar-refractivity contribution is 0.104. The lowest BCUT2D eigenvalue weighted by atomic mass is 10.1. The molecule has 2 N–H and O–H groups in total. The van der Waals surface area contributed by atoms with Gasteiger partial charge in [0.05, 0.1) is 5.56 Å². The smallest absolute Gasteiger partial charge is 0.248 e. The SMILES string of the molecule is NC(=C1C(=O)c2cc(Cl)ccc2[S+]1[O-])c1ccccc1F. The lowest BCUT2D eigenvalue weighted by Gasteiger charge is -2.08. The van der Waals surface area contributed by atoms with Crippen LogP contribution in [0, 0.1) is 5.82 Å². The van der Waals surface area contributed by atoms with Gasteiger partial charge in [0.25, 0.3) is 0 Å². The van der Waals surface area contributed by atoms with Gasteiger partial charge in [0.15, 0.2) is 4.90 Å². The second kappa shape index (κ2) is 5.18. The van der Waals surface area contributed by atoms with Crippen LogP contribution >= 0.6 is 11.6 Å². The minimum Gasteiger partial charge on any atom is -0.606 e. The molecule has 1 atom stereocenters. The van der Waals surface area contributed by atoms with Crippen molar-refractivity contribution in [3.63, 3.8) is 0 Å². The van der Waals surface area contributed by atoms with E-state index in [4.69, 9.17) is 17.3 Å². The van der Waals surface area contributed by atoms with Crippen molar-refractivity contribution in [2.75, 3.05) is 0 Å². The van der Waals surface area contributed by atoms with Crippen LogP contribution in [0.2, 0.25) is 5.02 Å². The number of fused-ring (bicyclic) bond motifs is 1. The Balaban J connectivity index is 2.19. The van der Waals surface area contributed by atoms with Gasteiger partial charge in [0.1, 0.15) is 11.5 Å². The molecule has 1 unspecified atom stereocenters. The Labute approximate surface area is 128 Å². The molecule has 0 saturated carbocycles. The molecular weight excluding hydrogens is 313 g/mol. The van der Waals surface area contributed by atoms with Gasteiger partial charge in [-0.15, -0.1) is 0 Å². The van der Waals surface area contributed by atoms with Gasteiger partial charge in [0, 0.05) is 21.8 Å². The van der Waals surface area contributed by atoms with Crippen molar-refractivity contribution < 1.29 is 13.7 Å². The molecule has 0 fully saturated rings. The number of ketones is 1. The van der Waals surface area contributed by atoms with Crippen LogP contribution in [0.25, 0.3) is 5.70 Å². The van der Waals surface area contributed by atoms with Gasteiger partial charge in [-0.3, -0.25) is 4.79 Å². The average Bonchev–Trinajstić information content (AvgIpc) is 2.70. The second-order valence-electron chi connectivity index (χ2n) is 4.46. The second-order valence-corrected chi connectivity index (χ2v) is 6.28. The summed E-state index contributed by atoms with van der Waals surface area (Å²) in [5, 5.41) is 0.366. The summed E-state index contributed by atoms with van der Waals surface area (Å²) in [5.74, 6) is -1.05. The molecule has 0 amide bonds. The fourth-order valence-corrected chi connectivity index (χ4v) is 3.70. The van der Waals surface area contributed by atoms with E-state index in [-0.39, 0.29) is 21.7 Å².